The average Bonchev–Trinajstić information content (AvgIpc) is 2.32. The molecule has 0 aliphatic rings. The average molecular weight is 329 g/mol. The summed E-state index contributed by atoms with van der Waals surface area (Å²) < 4.78 is 6.26. The number of hydrogen-bond donors (Lipinski definition) is 1. The first kappa shape index (κ1) is 16.5. The van der Waals surface area contributed by atoms with Gasteiger partial charge in [0.05, 0.1) is 6.61 Å². The molecule has 0 fully saturated rings. The Labute approximate surface area is 125 Å². The zero-order chi connectivity index (χ0) is 14.5. The maximum Gasteiger partial charge on any atom is 0.0637 e. The van der Waals surface area contributed by atoms with Gasteiger partial charge in [-0.2, -0.15) is 0 Å². The fourth-order valence-electron chi connectivity index (χ4n) is 1.78. The summed E-state index contributed by atoms with van der Waals surface area (Å²) in [5, 5.41) is 3.54. The predicted octanol–water partition coefficient (Wildman–Crippen LogP) is 3.42. The minimum absolute atomic E-state index is 0.116. The van der Waals surface area contributed by atoms with Crippen molar-refractivity contribution in [3.8, 4) is 0 Å². The number of nitrogens with zero attached hydrogens (tertiary/aromatic N) is 1. The Morgan fingerprint density at radius 2 is 2.00 bits per heavy atom. The van der Waals surface area contributed by atoms with E-state index in [1.807, 2.05) is 0 Å². The van der Waals surface area contributed by atoms with Gasteiger partial charge in [0.1, 0.15) is 0 Å². The van der Waals surface area contributed by atoms with Crippen LogP contribution in [0, 0.1) is 0 Å². The van der Waals surface area contributed by atoms with Crippen LogP contribution in [0.3, 0.4) is 0 Å². The zero-order valence-electron chi connectivity index (χ0n) is 12.6. The van der Waals surface area contributed by atoms with Crippen LogP contribution in [0.1, 0.15) is 26.3 Å². The van der Waals surface area contributed by atoms with Gasteiger partial charge in [0.15, 0.2) is 0 Å². The highest BCUT2D eigenvalue weighted by Gasteiger charge is 2.12. The van der Waals surface area contributed by atoms with Crippen LogP contribution < -0.4 is 10.2 Å². The number of halogens is 1. The molecule has 1 aromatic rings. The maximum absolute atomic E-state index is 5.15. The molecule has 0 bridgehead atoms. The van der Waals surface area contributed by atoms with E-state index in [-0.39, 0.29) is 5.54 Å². The molecule has 0 heterocycles. The van der Waals surface area contributed by atoms with Crippen molar-refractivity contribution < 1.29 is 4.74 Å². The fourth-order valence-corrected chi connectivity index (χ4v) is 2.19. The Kier molecular flexibility index (Phi) is 6.30. The maximum atomic E-state index is 5.15. The number of rotatable bonds is 6. The van der Waals surface area contributed by atoms with E-state index in [1.54, 1.807) is 7.11 Å². The molecule has 0 radical (unpaired) electrons. The molecule has 0 saturated carbocycles. The molecule has 0 spiro atoms. The number of ether oxygens (including phenoxy) is 1. The third kappa shape index (κ3) is 5.93. The van der Waals surface area contributed by atoms with E-state index in [9.17, 15) is 0 Å². The van der Waals surface area contributed by atoms with Crippen molar-refractivity contribution in [1.29, 1.82) is 0 Å². The zero-order valence-corrected chi connectivity index (χ0v) is 14.2. The summed E-state index contributed by atoms with van der Waals surface area (Å²) in [6, 6.07) is 6.41. The van der Waals surface area contributed by atoms with Crippen molar-refractivity contribution in [3.05, 3.63) is 28.2 Å². The third-order valence-corrected chi connectivity index (χ3v) is 3.39. The van der Waals surface area contributed by atoms with Gasteiger partial charge in [-0.05, 0) is 44.5 Å². The van der Waals surface area contributed by atoms with Gasteiger partial charge in [-0.1, -0.05) is 15.9 Å². The van der Waals surface area contributed by atoms with Crippen molar-refractivity contribution >= 4 is 21.6 Å². The highest BCUT2D eigenvalue weighted by Crippen LogP contribution is 2.24. The summed E-state index contributed by atoms with van der Waals surface area (Å²) in [6.07, 6.45) is 0. The van der Waals surface area contributed by atoms with Gasteiger partial charge in [0.2, 0.25) is 0 Å². The normalized spacial score (nSPS) is 11.7. The van der Waals surface area contributed by atoms with Gasteiger partial charge in [-0.25, -0.2) is 0 Å². The molecule has 108 valence electrons. The van der Waals surface area contributed by atoms with Crippen LogP contribution in [0.2, 0.25) is 0 Å². The summed E-state index contributed by atoms with van der Waals surface area (Å²) in [5.41, 5.74) is 2.66. The minimum atomic E-state index is 0.116. The first-order chi connectivity index (χ1) is 8.83. The highest BCUT2D eigenvalue weighted by atomic mass is 79.9. The Hall–Kier alpha value is -0.580. The number of nitrogens with one attached hydrogen (secondary N) is 1. The molecule has 0 saturated heterocycles. The fraction of sp³-hybridized carbons (Fsp3) is 0.600. The van der Waals surface area contributed by atoms with E-state index in [2.05, 4.69) is 72.2 Å². The lowest BCUT2D eigenvalue weighted by Crippen LogP contribution is -2.35. The second-order valence-electron chi connectivity index (χ2n) is 5.79. The van der Waals surface area contributed by atoms with Gasteiger partial charge in [-0.3, -0.25) is 0 Å². The first-order valence-corrected chi connectivity index (χ1v) is 7.36. The topological polar surface area (TPSA) is 24.5 Å². The standard InChI is InChI=1S/C15H25BrN2O/c1-15(2,3)17-11-12-10-13(16)6-7-14(12)18(4)8-9-19-5/h6-7,10,17H,8-9,11H2,1-5H3. The lowest BCUT2D eigenvalue weighted by Gasteiger charge is -2.25. The van der Waals surface area contributed by atoms with E-state index in [1.165, 1.54) is 11.3 Å². The largest absolute Gasteiger partial charge is 0.383 e. The van der Waals surface area contributed by atoms with Crippen LogP contribution in [0.5, 0.6) is 0 Å². The van der Waals surface area contributed by atoms with Crippen LogP contribution in [0.4, 0.5) is 5.69 Å². The SMILES string of the molecule is COCCN(C)c1ccc(Br)cc1CNC(C)(C)C. The summed E-state index contributed by atoms with van der Waals surface area (Å²) in [5.74, 6) is 0. The van der Waals surface area contributed by atoms with Crippen LogP contribution >= 0.6 is 15.9 Å². The molecule has 0 unspecified atom stereocenters. The first-order valence-electron chi connectivity index (χ1n) is 6.57. The Bertz CT molecular complexity index is 402. The summed E-state index contributed by atoms with van der Waals surface area (Å²) in [4.78, 5) is 2.23. The lowest BCUT2D eigenvalue weighted by molar-refractivity contribution is 0.206. The number of likely N-dealkylation sites (N-methyl/N-ethyl adjacent to an activating group) is 1. The van der Waals surface area contributed by atoms with Crippen LogP contribution in [0.25, 0.3) is 0 Å². The monoisotopic (exact) mass is 328 g/mol. The molecule has 0 atom stereocenters. The Morgan fingerprint density at radius 1 is 1.32 bits per heavy atom. The molecule has 1 N–H and O–H groups in total. The molecule has 0 aromatic heterocycles. The molecule has 0 amide bonds. The van der Waals surface area contributed by atoms with E-state index in [4.69, 9.17) is 4.74 Å². The van der Waals surface area contributed by atoms with Crippen molar-refractivity contribution in [2.75, 3.05) is 32.2 Å². The summed E-state index contributed by atoms with van der Waals surface area (Å²) in [6.45, 7) is 9.02. The van der Waals surface area contributed by atoms with E-state index in [0.29, 0.717) is 0 Å². The summed E-state index contributed by atoms with van der Waals surface area (Å²) >= 11 is 3.55. The van der Waals surface area contributed by atoms with Gasteiger partial charge < -0.3 is 15.0 Å². The molecule has 0 aliphatic carbocycles. The van der Waals surface area contributed by atoms with Crippen LogP contribution in [-0.4, -0.2) is 32.8 Å². The van der Waals surface area contributed by atoms with Crippen molar-refractivity contribution in [1.82, 2.24) is 5.32 Å². The summed E-state index contributed by atoms with van der Waals surface area (Å²) in [7, 11) is 3.83. The van der Waals surface area contributed by atoms with Gasteiger partial charge in [0, 0.05) is 42.9 Å². The number of methoxy groups -OCH3 is 1. The van der Waals surface area contributed by atoms with Crippen LogP contribution in [-0.2, 0) is 11.3 Å². The Balaban J connectivity index is 2.85. The molecule has 19 heavy (non-hydrogen) atoms. The van der Waals surface area contributed by atoms with E-state index in [0.717, 1.165) is 24.2 Å². The van der Waals surface area contributed by atoms with Crippen molar-refractivity contribution in [3.63, 3.8) is 0 Å². The highest BCUT2D eigenvalue weighted by molar-refractivity contribution is 9.10. The Morgan fingerprint density at radius 3 is 2.58 bits per heavy atom. The molecule has 1 aromatic carbocycles. The number of benzene rings is 1. The molecule has 3 nitrogen and oxygen atoms in total. The minimum Gasteiger partial charge on any atom is -0.383 e. The van der Waals surface area contributed by atoms with Gasteiger partial charge in [0.25, 0.3) is 0 Å². The second-order valence-corrected chi connectivity index (χ2v) is 6.71. The molecular weight excluding hydrogens is 304 g/mol. The quantitative estimate of drug-likeness (QED) is 0.865. The van der Waals surface area contributed by atoms with E-state index < -0.39 is 0 Å². The molecule has 1 rings (SSSR count). The van der Waals surface area contributed by atoms with E-state index >= 15 is 0 Å². The second kappa shape index (κ2) is 7.27. The molecule has 0 aliphatic heterocycles. The van der Waals surface area contributed by atoms with Crippen LogP contribution in [0.15, 0.2) is 22.7 Å². The third-order valence-electron chi connectivity index (χ3n) is 2.89. The number of anilines is 1. The smallest absolute Gasteiger partial charge is 0.0637 e. The number of hydrogen-bond acceptors (Lipinski definition) is 3. The lowest BCUT2D eigenvalue weighted by atomic mass is 10.1. The molecule has 4 heteroatoms. The molecular formula is C15H25BrN2O. The van der Waals surface area contributed by atoms with Gasteiger partial charge >= 0.3 is 0 Å². The van der Waals surface area contributed by atoms with Gasteiger partial charge in [-0.15, -0.1) is 0 Å². The van der Waals surface area contributed by atoms with Crippen molar-refractivity contribution in [2.45, 2.75) is 32.9 Å². The van der Waals surface area contributed by atoms with Crippen molar-refractivity contribution in [2.24, 2.45) is 0 Å². The predicted molar refractivity (Wildman–Crippen MR) is 85.9 cm³/mol.